The molecule has 0 fully saturated rings. The third kappa shape index (κ3) is 3.94. The number of nitrogens with one attached hydrogen (secondary N) is 2. The van der Waals surface area contributed by atoms with Gasteiger partial charge in [-0.25, -0.2) is 5.43 Å². The van der Waals surface area contributed by atoms with Crippen molar-refractivity contribution in [2.24, 2.45) is 5.10 Å². The van der Waals surface area contributed by atoms with Gasteiger partial charge in [-0.3, -0.25) is 14.9 Å². The van der Waals surface area contributed by atoms with Crippen molar-refractivity contribution in [1.82, 2.24) is 10.4 Å². The number of nitrogens with zero attached hydrogens (tertiary/aromatic N) is 2. The average Bonchev–Trinajstić information content (AvgIpc) is 2.87. The van der Waals surface area contributed by atoms with Gasteiger partial charge in [0.15, 0.2) is 0 Å². The van der Waals surface area contributed by atoms with Crippen molar-refractivity contribution >= 4 is 28.7 Å². The van der Waals surface area contributed by atoms with Crippen molar-refractivity contribution in [3.05, 3.63) is 39.6 Å². The molecule has 1 aromatic carbocycles. The molecule has 2 aromatic rings. The minimum absolute atomic E-state index is 0.000466. The maximum absolute atomic E-state index is 12.2. The highest BCUT2D eigenvalue weighted by Gasteiger charge is 2.16. The van der Waals surface area contributed by atoms with Crippen molar-refractivity contribution in [2.75, 3.05) is 0 Å². The maximum atomic E-state index is 12.2. The molecular formula is C16H20N4O3. The molecule has 1 heterocycles. The Labute approximate surface area is 133 Å². The first-order chi connectivity index (χ1) is 11.0. The summed E-state index contributed by atoms with van der Waals surface area (Å²) < 4.78 is 0. The molecule has 122 valence electrons. The van der Waals surface area contributed by atoms with Crippen LogP contribution in [0.15, 0.2) is 23.3 Å². The molecule has 7 nitrogen and oxygen atoms in total. The van der Waals surface area contributed by atoms with E-state index in [0.29, 0.717) is 22.2 Å². The van der Waals surface area contributed by atoms with Gasteiger partial charge in [0, 0.05) is 29.3 Å². The molecule has 1 amide bonds. The van der Waals surface area contributed by atoms with E-state index >= 15 is 0 Å². The van der Waals surface area contributed by atoms with Crippen molar-refractivity contribution in [3.8, 4) is 0 Å². The molecule has 2 N–H and O–H groups in total. The molecule has 23 heavy (non-hydrogen) atoms. The van der Waals surface area contributed by atoms with Crippen LogP contribution >= 0.6 is 0 Å². The summed E-state index contributed by atoms with van der Waals surface area (Å²) in [6, 6.07) is 4.48. The summed E-state index contributed by atoms with van der Waals surface area (Å²) in [5.74, 6) is -0.354. The number of aromatic amines is 1. The zero-order chi connectivity index (χ0) is 16.8. The van der Waals surface area contributed by atoms with Gasteiger partial charge in [0.25, 0.3) is 11.6 Å². The molecule has 2 rings (SSSR count). The van der Waals surface area contributed by atoms with Gasteiger partial charge >= 0.3 is 0 Å². The SMILES string of the molecule is CCCCC/C=N/NC(=O)c1[nH]c2ccc([N+](=O)[O-])cc2c1C. The number of non-ortho nitro benzene ring substituents is 1. The van der Waals surface area contributed by atoms with Crippen molar-refractivity contribution in [1.29, 1.82) is 0 Å². The molecule has 0 spiro atoms. The van der Waals surface area contributed by atoms with Crippen molar-refractivity contribution < 1.29 is 9.72 Å². The summed E-state index contributed by atoms with van der Waals surface area (Å²) in [6.45, 7) is 3.88. The number of benzene rings is 1. The number of rotatable bonds is 7. The molecule has 0 aliphatic carbocycles. The zero-order valence-corrected chi connectivity index (χ0v) is 13.3. The second kappa shape index (κ2) is 7.53. The van der Waals surface area contributed by atoms with Gasteiger partial charge in [0.05, 0.1) is 4.92 Å². The first-order valence-corrected chi connectivity index (χ1v) is 7.63. The quantitative estimate of drug-likeness (QED) is 0.352. The number of carbonyl (C=O) groups is 1. The van der Waals surface area contributed by atoms with Crippen LogP contribution in [0.3, 0.4) is 0 Å². The van der Waals surface area contributed by atoms with E-state index in [1.54, 1.807) is 19.2 Å². The monoisotopic (exact) mass is 316 g/mol. The number of aryl methyl sites for hydroxylation is 1. The lowest BCUT2D eigenvalue weighted by Crippen LogP contribution is -2.18. The largest absolute Gasteiger partial charge is 0.350 e. The van der Waals surface area contributed by atoms with Crippen LogP contribution in [-0.4, -0.2) is 22.0 Å². The Kier molecular flexibility index (Phi) is 5.46. The number of H-pyrrole nitrogens is 1. The summed E-state index contributed by atoms with van der Waals surface area (Å²) in [6.07, 6.45) is 5.84. The number of hydrazone groups is 1. The average molecular weight is 316 g/mol. The van der Waals surface area contributed by atoms with Gasteiger partial charge < -0.3 is 4.98 Å². The minimum atomic E-state index is -0.452. The number of amides is 1. The highest BCUT2D eigenvalue weighted by atomic mass is 16.6. The van der Waals surface area contributed by atoms with Crippen LogP contribution in [0.4, 0.5) is 5.69 Å². The van der Waals surface area contributed by atoms with E-state index < -0.39 is 4.92 Å². The molecule has 7 heteroatoms. The molecule has 0 aliphatic heterocycles. The van der Waals surface area contributed by atoms with E-state index in [2.05, 4.69) is 22.4 Å². The Bertz CT molecular complexity index is 749. The first kappa shape index (κ1) is 16.7. The standard InChI is InChI=1S/C16H20N4O3/c1-3-4-5-6-9-17-19-16(21)15-11(2)13-10-12(20(22)23)7-8-14(13)18-15/h7-10,18H,3-6H2,1-2H3,(H,19,21)/b17-9+. The van der Waals surface area contributed by atoms with E-state index in [9.17, 15) is 14.9 Å². The predicted octanol–water partition coefficient (Wildman–Crippen LogP) is 3.68. The van der Waals surface area contributed by atoms with Crippen LogP contribution < -0.4 is 5.43 Å². The van der Waals surface area contributed by atoms with Gasteiger partial charge in [-0.2, -0.15) is 5.10 Å². The van der Waals surface area contributed by atoms with Crippen LogP contribution in [0.1, 0.15) is 48.7 Å². The summed E-state index contributed by atoms with van der Waals surface area (Å²) >= 11 is 0. The minimum Gasteiger partial charge on any atom is -0.350 e. The highest BCUT2D eigenvalue weighted by molar-refractivity contribution is 6.01. The van der Waals surface area contributed by atoms with Gasteiger partial charge in [-0.05, 0) is 31.4 Å². The number of hydrogen-bond donors (Lipinski definition) is 2. The molecule has 1 aromatic heterocycles. The Morgan fingerprint density at radius 1 is 1.43 bits per heavy atom. The van der Waals surface area contributed by atoms with Crippen LogP contribution in [-0.2, 0) is 0 Å². The lowest BCUT2D eigenvalue weighted by atomic mass is 10.1. The molecule has 0 aliphatic rings. The predicted molar refractivity (Wildman–Crippen MR) is 89.8 cm³/mol. The summed E-state index contributed by atoms with van der Waals surface area (Å²) in [4.78, 5) is 25.5. The van der Waals surface area contributed by atoms with Gasteiger partial charge in [-0.15, -0.1) is 0 Å². The summed E-state index contributed by atoms with van der Waals surface area (Å²) in [7, 11) is 0. The zero-order valence-electron chi connectivity index (χ0n) is 13.3. The van der Waals surface area contributed by atoms with Crippen LogP contribution in [0.5, 0.6) is 0 Å². The van der Waals surface area contributed by atoms with E-state index in [0.717, 1.165) is 25.7 Å². The first-order valence-electron chi connectivity index (χ1n) is 7.63. The fourth-order valence-electron chi connectivity index (χ4n) is 2.37. The normalized spacial score (nSPS) is 11.2. The number of aromatic nitrogens is 1. The van der Waals surface area contributed by atoms with E-state index in [1.165, 1.54) is 12.1 Å². The molecule has 0 saturated carbocycles. The van der Waals surface area contributed by atoms with Crippen molar-refractivity contribution in [3.63, 3.8) is 0 Å². The third-order valence-corrected chi connectivity index (χ3v) is 3.67. The number of fused-ring (bicyclic) bond motifs is 1. The van der Waals surface area contributed by atoms with Gasteiger partial charge in [0.2, 0.25) is 0 Å². The Morgan fingerprint density at radius 2 is 2.22 bits per heavy atom. The summed E-state index contributed by atoms with van der Waals surface area (Å²) in [5, 5.41) is 15.4. The number of hydrogen-bond acceptors (Lipinski definition) is 4. The molecule has 0 radical (unpaired) electrons. The Hall–Kier alpha value is -2.70. The van der Waals surface area contributed by atoms with E-state index in [-0.39, 0.29) is 11.6 Å². The maximum Gasteiger partial charge on any atom is 0.288 e. The van der Waals surface area contributed by atoms with Crippen LogP contribution in [0.25, 0.3) is 10.9 Å². The Morgan fingerprint density at radius 3 is 2.91 bits per heavy atom. The molecular weight excluding hydrogens is 296 g/mol. The Balaban J connectivity index is 2.11. The molecule has 0 bridgehead atoms. The van der Waals surface area contributed by atoms with Crippen molar-refractivity contribution in [2.45, 2.75) is 39.5 Å². The number of carbonyl (C=O) groups excluding carboxylic acids is 1. The van der Waals surface area contributed by atoms with Gasteiger partial charge in [-0.1, -0.05) is 19.8 Å². The number of nitro groups is 1. The number of unbranched alkanes of at least 4 members (excludes halogenated alkanes) is 3. The lowest BCUT2D eigenvalue weighted by Gasteiger charge is -1.98. The fraction of sp³-hybridized carbons (Fsp3) is 0.375. The van der Waals surface area contributed by atoms with Crippen LogP contribution in [0, 0.1) is 17.0 Å². The van der Waals surface area contributed by atoms with Gasteiger partial charge in [0.1, 0.15) is 5.69 Å². The van der Waals surface area contributed by atoms with E-state index in [4.69, 9.17) is 0 Å². The topological polar surface area (TPSA) is 100 Å². The molecule has 0 saturated heterocycles. The van der Waals surface area contributed by atoms with Crippen LogP contribution in [0.2, 0.25) is 0 Å². The third-order valence-electron chi connectivity index (χ3n) is 3.67. The molecule has 0 atom stereocenters. The molecule has 0 unspecified atom stereocenters. The van der Waals surface area contributed by atoms with E-state index in [1.807, 2.05) is 0 Å². The lowest BCUT2D eigenvalue weighted by molar-refractivity contribution is -0.384. The smallest absolute Gasteiger partial charge is 0.288 e. The second-order valence-electron chi connectivity index (χ2n) is 5.36. The fourth-order valence-corrected chi connectivity index (χ4v) is 2.37. The highest BCUT2D eigenvalue weighted by Crippen LogP contribution is 2.25. The second-order valence-corrected chi connectivity index (χ2v) is 5.36. The number of nitro benzene ring substituents is 1. The summed E-state index contributed by atoms with van der Waals surface area (Å²) in [5.41, 5.74) is 4.20.